The highest BCUT2D eigenvalue weighted by atomic mass is 35.5. The van der Waals surface area contributed by atoms with Gasteiger partial charge in [0.2, 0.25) is 0 Å². The Labute approximate surface area is 131 Å². The van der Waals surface area contributed by atoms with Gasteiger partial charge in [0.1, 0.15) is 4.90 Å². The van der Waals surface area contributed by atoms with E-state index in [9.17, 15) is 13.2 Å². The molecule has 0 aliphatic carbocycles. The number of nitrogens with two attached hydrogens (primary N) is 1. The third-order valence-electron chi connectivity index (χ3n) is 2.53. The van der Waals surface area contributed by atoms with Gasteiger partial charge >= 0.3 is 10.1 Å². The summed E-state index contributed by atoms with van der Waals surface area (Å²) in [6, 6.07) is 9.49. The van der Waals surface area contributed by atoms with E-state index in [0.717, 1.165) is 6.07 Å². The van der Waals surface area contributed by atoms with E-state index >= 15 is 0 Å². The number of halogens is 2. The second-order valence-electron chi connectivity index (χ2n) is 3.97. The van der Waals surface area contributed by atoms with E-state index in [2.05, 4.69) is 0 Å². The van der Waals surface area contributed by atoms with Gasteiger partial charge in [0.15, 0.2) is 5.75 Å². The molecule has 2 aromatic rings. The van der Waals surface area contributed by atoms with E-state index < -0.39 is 16.0 Å². The Hall–Kier alpha value is -1.76. The van der Waals surface area contributed by atoms with Gasteiger partial charge < -0.3 is 9.92 Å². The van der Waals surface area contributed by atoms with Crippen molar-refractivity contribution in [3.63, 3.8) is 0 Å². The molecule has 0 saturated heterocycles. The van der Waals surface area contributed by atoms with Crippen molar-refractivity contribution in [1.29, 1.82) is 0 Å². The molecule has 0 unspecified atom stereocenters. The Balaban J connectivity index is 2.42. The Morgan fingerprint density at radius 2 is 1.71 bits per heavy atom. The lowest BCUT2D eigenvalue weighted by molar-refractivity contribution is 0.0999. The van der Waals surface area contributed by atoms with Gasteiger partial charge in [-0.3, -0.25) is 4.79 Å². The molecule has 8 heteroatoms. The molecule has 21 heavy (non-hydrogen) atoms. The van der Waals surface area contributed by atoms with Crippen LogP contribution in [-0.2, 0) is 10.1 Å². The third kappa shape index (κ3) is 3.47. The number of para-hydroxylation sites is 1. The molecule has 110 valence electrons. The molecule has 0 radical (unpaired) electrons. The number of hydrogen-bond donors (Lipinski definition) is 1. The van der Waals surface area contributed by atoms with Crippen LogP contribution in [0, 0.1) is 0 Å². The highest BCUT2D eigenvalue weighted by molar-refractivity contribution is 7.87. The van der Waals surface area contributed by atoms with E-state index in [0.29, 0.717) is 0 Å². The maximum absolute atomic E-state index is 12.2. The number of primary amides is 1. The number of carbonyl (C=O) groups excluding carboxylic acids is 1. The zero-order valence-electron chi connectivity index (χ0n) is 10.4. The predicted octanol–water partition coefficient (Wildman–Crippen LogP) is 2.86. The van der Waals surface area contributed by atoms with Gasteiger partial charge in [0.25, 0.3) is 5.91 Å². The maximum atomic E-state index is 12.2. The lowest BCUT2D eigenvalue weighted by atomic mass is 10.2. The first kappa shape index (κ1) is 15.6. The van der Waals surface area contributed by atoms with E-state index in [4.69, 9.17) is 33.1 Å². The van der Waals surface area contributed by atoms with Crippen LogP contribution in [0.3, 0.4) is 0 Å². The molecule has 0 bridgehead atoms. The molecule has 0 spiro atoms. The van der Waals surface area contributed by atoms with E-state index in [1.54, 1.807) is 6.07 Å². The van der Waals surface area contributed by atoms with Crippen LogP contribution in [0.15, 0.2) is 47.4 Å². The maximum Gasteiger partial charge on any atom is 0.339 e. The number of benzene rings is 2. The molecule has 1 amide bonds. The van der Waals surface area contributed by atoms with Gasteiger partial charge in [-0.25, -0.2) is 0 Å². The van der Waals surface area contributed by atoms with Crippen molar-refractivity contribution >= 4 is 39.2 Å². The Bertz CT molecular complexity index is 806. The summed E-state index contributed by atoms with van der Waals surface area (Å²) >= 11 is 11.5. The molecule has 5 nitrogen and oxygen atoms in total. The number of hydrogen-bond acceptors (Lipinski definition) is 4. The van der Waals surface area contributed by atoms with Gasteiger partial charge in [-0.05, 0) is 30.3 Å². The first-order valence-electron chi connectivity index (χ1n) is 5.59. The van der Waals surface area contributed by atoms with Crippen molar-refractivity contribution in [1.82, 2.24) is 0 Å². The summed E-state index contributed by atoms with van der Waals surface area (Å²) in [6.45, 7) is 0. The lowest BCUT2D eigenvalue weighted by Gasteiger charge is -2.10. The SMILES string of the molecule is NC(=O)c1ccccc1OS(=O)(=O)c1ccc(Cl)c(Cl)c1. The zero-order chi connectivity index (χ0) is 15.6. The molecule has 2 aromatic carbocycles. The second kappa shape index (κ2) is 5.93. The van der Waals surface area contributed by atoms with Gasteiger partial charge in [0.05, 0.1) is 15.6 Å². The summed E-state index contributed by atoms with van der Waals surface area (Å²) in [4.78, 5) is 11.1. The first-order chi connectivity index (χ1) is 9.81. The summed E-state index contributed by atoms with van der Waals surface area (Å²) in [5, 5.41) is 0.290. The number of carbonyl (C=O) groups is 1. The number of amides is 1. The highest BCUT2D eigenvalue weighted by Crippen LogP contribution is 2.27. The molecule has 0 heterocycles. The average molecular weight is 346 g/mol. The molecule has 2 N–H and O–H groups in total. The van der Waals surface area contributed by atoms with Crippen LogP contribution in [0.25, 0.3) is 0 Å². The summed E-state index contributed by atoms with van der Waals surface area (Å²) in [5.41, 5.74) is 5.12. The minimum absolute atomic E-state index is 0.0406. The van der Waals surface area contributed by atoms with Crippen molar-refractivity contribution in [3.05, 3.63) is 58.1 Å². The summed E-state index contributed by atoms with van der Waals surface area (Å²) in [7, 11) is -4.16. The largest absolute Gasteiger partial charge is 0.378 e. The van der Waals surface area contributed by atoms with Crippen LogP contribution in [0.1, 0.15) is 10.4 Å². The number of rotatable bonds is 4. The first-order valence-corrected chi connectivity index (χ1v) is 7.76. The Morgan fingerprint density at radius 3 is 2.33 bits per heavy atom. The molecular weight excluding hydrogens is 337 g/mol. The molecule has 2 rings (SSSR count). The zero-order valence-corrected chi connectivity index (χ0v) is 12.7. The molecule has 0 aliphatic rings. The van der Waals surface area contributed by atoms with Crippen LogP contribution in [0.4, 0.5) is 0 Å². The summed E-state index contributed by atoms with van der Waals surface area (Å²) in [5.74, 6) is -0.953. The fourth-order valence-corrected chi connectivity index (χ4v) is 2.88. The quantitative estimate of drug-likeness (QED) is 0.863. The smallest absolute Gasteiger partial charge is 0.339 e. The minimum atomic E-state index is -4.16. The summed E-state index contributed by atoms with van der Waals surface area (Å²) in [6.07, 6.45) is 0. The third-order valence-corrected chi connectivity index (χ3v) is 4.50. The highest BCUT2D eigenvalue weighted by Gasteiger charge is 2.20. The van der Waals surface area contributed by atoms with Crippen molar-refractivity contribution in [3.8, 4) is 5.75 Å². The fraction of sp³-hybridized carbons (Fsp3) is 0. The van der Waals surface area contributed by atoms with Gasteiger partial charge in [-0.1, -0.05) is 35.3 Å². The van der Waals surface area contributed by atoms with Gasteiger partial charge in [-0.2, -0.15) is 8.42 Å². The normalized spacial score (nSPS) is 11.1. The topological polar surface area (TPSA) is 86.5 Å². The van der Waals surface area contributed by atoms with E-state index in [-0.39, 0.29) is 26.3 Å². The van der Waals surface area contributed by atoms with Crippen LogP contribution in [0.5, 0.6) is 5.75 Å². The van der Waals surface area contributed by atoms with Crippen molar-refractivity contribution in [2.24, 2.45) is 5.73 Å². The van der Waals surface area contributed by atoms with Gasteiger partial charge in [-0.15, -0.1) is 0 Å². The molecule has 0 fully saturated rings. The molecular formula is C13H9Cl2NO4S. The van der Waals surface area contributed by atoms with E-state index in [1.807, 2.05) is 0 Å². The molecule has 0 aromatic heterocycles. The van der Waals surface area contributed by atoms with Gasteiger partial charge in [0, 0.05) is 0 Å². The molecule has 0 saturated carbocycles. The van der Waals surface area contributed by atoms with Crippen molar-refractivity contribution < 1.29 is 17.4 Å². The van der Waals surface area contributed by atoms with Crippen LogP contribution >= 0.6 is 23.2 Å². The molecule has 0 aliphatic heterocycles. The minimum Gasteiger partial charge on any atom is -0.378 e. The Kier molecular flexibility index (Phi) is 4.41. The lowest BCUT2D eigenvalue weighted by Crippen LogP contribution is -2.16. The standard InChI is InChI=1S/C13H9Cl2NO4S/c14-10-6-5-8(7-11(10)15)21(18,19)20-12-4-2-1-3-9(12)13(16)17/h1-7H,(H2,16,17). The van der Waals surface area contributed by atoms with Crippen molar-refractivity contribution in [2.75, 3.05) is 0 Å². The van der Waals surface area contributed by atoms with E-state index in [1.165, 1.54) is 30.3 Å². The van der Waals surface area contributed by atoms with Crippen molar-refractivity contribution in [2.45, 2.75) is 4.90 Å². The van der Waals surface area contributed by atoms with Crippen LogP contribution in [-0.4, -0.2) is 14.3 Å². The molecule has 0 atom stereocenters. The average Bonchev–Trinajstić information content (AvgIpc) is 2.41. The fourth-order valence-electron chi connectivity index (χ4n) is 1.54. The monoisotopic (exact) mass is 345 g/mol. The summed E-state index contributed by atoms with van der Waals surface area (Å²) < 4.78 is 29.3. The van der Waals surface area contributed by atoms with Crippen LogP contribution in [0.2, 0.25) is 10.0 Å². The second-order valence-corrected chi connectivity index (χ2v) is 6.33. The predicted molar refractivity (Wildman–Crippen MR) is 79.2 cm³/mol. The Morgan fingerprint density at radius 1 is 1.05 bits per heavy atom. The van der Waals surface area contributed by atoms with Crippen LogP contribution < -0.4 is 9.92 Å².